The van der Waals surface area contributed by atoms with Gasteiger partial charge in [-0.25, -0.2) is 0 Å². The van der Waals surface area contributed by atoms with E-state index in [1.165, 1.54) is 5.57 Å². The monoisotopic (exact) mass is 570 g/mol. The van der Waals surface area contributed by atoms with E-state index in [4.69, 9.17) is 8.85 Å². The van der Waals surface area contributed by atoms with Crippen LogP contribution in [0.4, 0.5) is 0 Å². The zero-order valence-corrected chi connectivity index (χ0v) is 28.4. The van der Waals surface area contributed by atoms with Crippen molar-refractivity contribution in [2.45, 2.75) is 109 Å². The lowest BCUT2D eigenvalue weighted by Crippen LogP contribution is -2.48. The Bertz CT molecular complexity index is 1090. The topological polar surface area (TPSA) is 35.5 Å². The van der Waals surface area contributed by atoms with Gasteiger partial charge in [0, 0.05) is 23.2 Å². The Kier molecular flexibility index (Phi) is 9.64. The fourth-order valence-corrected chi connectivity index (χ4v) is 9.95. The summed E-state index contributed by atoms with van der Waals surface area (Å²) in [5, 5.41) is 2.17. The summed E-state index contributed by atoms with van der Waals surface area (Å²) in [7, 11) is -6.66. The molecule has 0 bridgehead atoms. The molecule has 0 fully saturated rings. The minimum absolute atomic E-state index is 0.0437. The van der Waals surface area contributed by atoms with Gasteiger partial charge in [0.1, 0.15) is 7.14 Å². The molecular formula is C32H51O3PSi2. The maximum Gasteiger partial charge on any atom is 0.192 e. The van der Waals surface area contributed by atoms with Crippen molar-refractivity contribution >= 4 is 34.4 Å². The van der Waals surface area contributed by atoms with E-state index in [1.807, 2.05) is 60.7 Å². The zero-order valence-electron chi connectivity index (χ0n) is 25.5. The van der Waals surface area contributed by atoms with Crippen LogP contribution >= 0.6 is 7.14 Å². The lowest BCUT2D eigenvalue weighted by atomic mass is 9.93. The zero-order chi connectivity index (χ0) is 28.4. The second-order valence-electron chi connectivity index (χ2n) is 14.1. The Labute approximate surface area is 235 Å². The van der Waals surface area contributed by atoms with Crippen LogP contribution in [0, 0.1) is 0 Å². The molecule has 0 unspecified atom stereocenters. The lowest BCUT2D eigenvalue weighted by Gasteiger charge is -2.44. The molecule has 2 aromatic rings. The van der Waals surface area contributed by atoms with Crippen LogP contribution < -0.4 is 10.6 Å². The molecule has 0 aliphatic heterocycles. The van der Waals surface area contributed by atoms with Crippen molar-refractivity contribution in [1.82, 2.24) is 0 Å². The van der Waals surface area contributed by atoms with Crippen LogP contribution in [0.15, 0.2) is 72.3 Å². The fraction of sp³-hybridized carbons (Fsp3) is 0.562. The predicted octanol–water partition coefficient (Wildman–Crippen LogP) is 8.89. The molecule has 0 saturated heterocycles. The van der Waals surface area contributed by atoms with Crippen LogP contribution in [0.1, 0.15) is 60.8 Å². The van der Waals surface area contributed by atoms with Crippen molar-refractivity contribution in [1.29, 1.82) is 0 Å². The van der Waals surface area contributed by atoms with Crippen molar-refractivity contribution < 1.29 is 13.4 Å². The summed E-state index contributed by atoms with van der Waals surface area (Å²) in [6, 6.07) is 20.1. The summed E-state index contributed by atoms with van der Waals surface area (Å²) in [5.41, 5.74) is 1.33. The average Bonchev–Trinajstić information content (AvgIpc) is 2.81. The van der Waals surface area contributed by atoms with Gasteiger partial charge in [0.05, 0.1) is 12.2 Å². The van der Waals surface area contributed by atoms with Gasteiger partial charge >= 0.3 is 0 Å². The Morgan fingerprint density at radius 2 is 1.21 bits per heavy atom. The molecule has 3 nitrogen and oxygen atoms in total. The van der Waals surface area contributed by atoms with Crippen LogP contribution in [0.3, 0.4) is 0 Å². The summed E-state index contributed by atoms with van der Waals surface area (Å²) in [6.45, 7) is 23.1. The van der Waals surface area contributed by atoms with Crippen molar-refractivity contribution in [2.24, 2.45) is 0 Å². The van der Waals surface area contributed by atoms with Gasteiger partial charge in [-0.3, -0.25) is 0 Å². The van der Waals surface area contributed by atoms with Gasteiger partial charge in [-0.05, 0) is 49.1 Å². The first-order chi connectivity index (χ1) is 17.4. The maximum atomic E-state index is 14.7. The average molecular weight is 571 g/mol. The van der Waals surface area contributed by atoms with Crippen molar-refractivity contribution in [2.75, 3.05) is 6.16 Å². The third-order valence-electron chi connectivity index (χ3n) is 9.02. The highest BCUT2D eigenvalue weighted by atomic mass is 31.2. The molecular weight excluding hydrogens is 519 g/mol. The summed E-state index contributed by atoms with van der Waals surface area (Å²) < 4.78 is 28.6. The summed E-state index contributed by atoms with van der Waals surface area (Å²) in [5.74, 6) is 0. The van der Waals surface area contributed by atoms with Crippen LogP contribution in [0.2, 0.25) is 36.3 Å². The smallest absolute Gasteiger partial charge is 0.192 e. The minimum atomic E-state index is -2.77. The molecule has 210 valence electrons. The van der Waals surface area contributed by atoms with Crippen LogP contribution in [-0.4, -0.2) is 35.0 Å². The second kappa shape index (κ2) is 11.7. The van der Waals surface area contributed by atoms with E-state index < -0.39 is 23.8 Å². The highest BCUT2D eigenvalue weighted by molar-refractivity contribution is 7.78. The molecule has 0 amide bonds. The molecule has 0 aromatic heterocycles. The largest absolute Gasteiger partial charge is 0.414 e. The molecule has 6 heteroatoms. The van der Waals surface area contributed by atoms with E-state index in [0.29, 0.717) is 6.16 Å². The molecule has 2 aromatic carbocycles. The first-order valence-corrected chi connectivity index (χ1v) is 21.9. The van der Waals surface area contributed by atoms with Gasteiger partial charge in [-0.1, -0.05) is 114 Å². The van der Waals surface area contributed by atoms with Gasteiger partial charge in [-0.15, -0.1) is 0 Å². The quantitative estimate of drug-likeness (QED) is 0.172. The fourth-order valence-electron chi connectivity index (χ4n) is 4.59. The van der Waals surface area contributed by atoms with Crippen molar-refractivity contribution in [3.8, 4) is 0 Å². The van der Waals surface area contributed by atoms with Gasteiger partial charge in [0.15, 0.2) is 16.6 Å². The molecule has 3 rings (SSSR count). The van der Waals surface area contributed by atoms with E-state index in [0.717, 1.165) is 29.9 Å². The Hall–Kier alpha value is -1.24. The normalized spacial score (nSPS) is 19.8. The van der Waals surface area contributed by atoms with E-state index in [1.54, 1.807) is 0 Å². The molecule has 2 atom stereocenters. The Morgan fingerprint density at radius 1 is 0.763 bits per heavy atom. The summed E-state index contributed by atoms with van der Waals surface area (Å²) in [6.07, 6.45) is 5.74. The van der Waals surface area contributed by atoms with E-state index in [2.05, 4.69) is 73.8 Å². The molecule has 0 radical (unpaired) electrons. The van der Waals surface area contributed by atoms with Crippen molar-refractivity contribution in [3.63, 3.8) is 0 Å². The van der Waals surface area contributed by atoms with E-state index in [-0.39, 0.29) is 22.3 Å². The van der Waals surface area contributed by atoms with Gasteiger partial charge in [0.2, 0.25) is 0 Å². The van der Waals surface area contributed by atoms with Gasteiger partial charge < -0.3 is 13.4 Å². The SMILES string of the molecule is CC(C)(C)[Si](C)(C)O[C@@H]1CC(CCP(=O)(c2ccccc2)c2ccccc2)=C[C@@H](O[Si](C)(C)C(C)(C)C)C1. The Balaban J connectivity index is 1.91. The molecule has 38 heavy (non-hydrogen) atoms. The summed E-state index contributed by atoms with van der Waals surface area (Å²) in [4.78, 5) is 0. The molecule has 0 N–H and O–H groups in total. The molecule has 0 saturated carbocycles. The lowest BCUT2D eigenvalue weighted by molar-refractivity contribution is 0.103. The third-order valence-corrected chi connectivity index (χ3v) is 21.2. The standard InChI is InChI=1S/C32H51O3PSi2/c1-31(2,3)37(7,8)34-27-23-26(24-28(25-27)35-38(9,10)32(4,5)6)21-22-36(33,29-17-13-11-14-18-29)30-19-15-12-16-20-30/h11-20,23,27-28H,21-22,24-25H2,1-10H3/t27-,28-/m1/s1. The maximum absolute atomic E-state index is 14.7. The second-order valence-corrected chi connectivity index (χ2v) is 26.5. The number of hydrogen-bond donors (Lipinski definition) is 0. The number of benzene rings is 2. The molecule has 0 spiro atoms. The number of rotatable bonds is 9. The van der Waals surface area contributed by atoms with Gasteiger partial charge in [-0.2, -0.15) is 0 Å². The molecule has 1 aliphatic carbocycles. The highest BCUT2D eigenvalue weighted by Gasteiger charge is 2.43. The van der Waals surface area contributed by atoms with Crippen molar-refractivity contribution in [3.05, 3.63) is 72.3 Å². The predicted molar refractivity (Wildman–Crippen MR) is 171 cm³/mol. The Morgan fingerprint density at radius 3 is 1.66 bits per heavy atom. The number of hydrogen-bond acceptors (Lipinski definition) is 3. The molecule has 0 heterocycles. The first kappa shape index (κ1) is 31.3. The van der Waals surface area contributed by atoms with Crippen LogP contribution in [0.5, 0.6) is 0 Å². The van der Waals surface area contributed by atoms with Crippen LogP contribution in [-0.2, 0) is 13.4 Å². The minimum Gasteiger partial charge on any atom is -0.414 e. The first-order valence-electron chi connectivity index (χ1n) is 14.2. The molecule has 1 aliphatic rings. The summed E-state index contributed by atoms with van der Waals surface area (Å²) >= 11 is 0. The van der Waals surface area contributed by atoms with Crippen LogP contribution in [0.25, 0.3) is 0 Å². The van der Waals surface area contributed by atoms with E-state index in [9.17, 15) is 4.57 Å². The highest BCUT2D eigenvalue weighted by Crippen LogP contribution is 2.46. The third kappa shape index (κ3) is 7.49. The van der Waals surface area contributed by atoms with Gasteiger partial charge in [0.25, 0.3) is 0 Å². The van der Waals surface area contributed by atoms with E-state index >= 15 is 0 Å².